The summed E-state index contributed by atoms with van der Waals surface area (Å²) in [6.45, 7) is -0.592. The van der Waals surface area contributed by atoms with Crippen LogP contribution in [0.2, 0.25) is 0 Å². The Bertz CT molecular complexity index is 936. The van der Waals surface area contributed by atoms with Crippen molar-refractivity contribution in [3.63, 3.8) is 0 Å². The van der Waals surface area contributed by atoms with Gasteiger partial charge in [-0.3, -0.25) is 4.79 Å². The van der Waals surface area contributed by atoms with Crippen molar-refractivity contribution in [1.29, 1.82) is 0 Å². The number of carbonyl (C=O) groups is 1. The number of aliphatic hydroxyl groups excluding tert-OH is 4. The molecule has 1 fully saturated rings. The third-order valence-electron chi connectivity index (χ3n) is 5.19. The number of carbonyl (C=O) groups excluding carboxylic acids is 1. The van der Waals surface area contributed by atoms with E-state index < -0.39 is 55.0 Å². The van der Waals surface area contributed by atoms with Crippen molar-refractivity contribution < 1.29 is 47.9 Å². The van der Waals surface area contributed by atoms with Gasteiger partial charge < -0.3 is 35.2 Å². The second-order valence-corrected chi connectivity index (χ2v) is 7.57. The third-order valence-corrected chi connectivity index (χ3v) is 5.19. The van der Waals surface area contributed by atoms with Gasteiger partial charge in [0.05, 0.1) is 18.6 Å². The van der Waals surface area contributed by atoms with E-state index in [0.29, 0.717) is 11.1 Å². The van der Waals surface area contributed by atoms with Crippen molar-refractivity contribution in [1.82, 2.24) is 5.32 Å². The van der Waals surface area contributed by atoms with Crippen LogP contribution >= 0.6 is 0 Å². The number of rotatable bonds is 7. The molecule has 3 rings (SSSR count). The second-order valence-electron chi connectivity index (χ2n) is 7.57. The van der Waals surface area contributed by atoms with Crippen LogP contribution in [-0.4, -0.2) is 63.6 Å². The average Bonchev–Trinajstić information content (AvgIpc) is 2.79. The fourth-order valence-electron chi connectivity index (χ4n) is 3.30. The van der Waals surface area contributed by atoms with Gasteiger partial charge in [0.2, 0.25) is 12.2 Å². The number of hydrogen-bond acceptors (Lipinski definition) is 7. The molecule has 1 aliphatic heterocycles. The van der Waals surface area contributed by atoms with Gasteiger partial charge in [-0.05, 0) is 23.8 Å². The summed E-state index contributed by atoms with van der Waals surface area (Å²) < 4.78 is 48.9. The van der Waals surface area contributed by atoms with E-state index >= 15 is 0 Å². The first-order valence-corrected chi connectivity index (χ1v) is 10.1. The first kappa shape index (κ1) is 24.9. The first-order valence-electron chi connectivity index (χ1n) is 10.1. The Labute approximate surface area is 187 Å². The van der Waals surface area contributed by atoms with Gasteiger partial charge in [-0.1, -0.05) is 30.3 Å². The highest BCUT2D eigenvalue weighted by Crippen LogP contribution is 2.29. The lowest BCUT2D eigenvalue weighted by atomic mass is 9.99. The number of benzene rings is 2. The van der Waals surface area contributed by atoms with E-state index in [-0.39, 0.29) is 18.7 Å². The molecule has 1 amide bonds. The Morgan fingerprint density at radius 1 is 1.00 bits per heavy atom. The third kappa shape index (κ3) is 6.21. The van der Waals surface area contributed by atoms with E-state index in [2.05, 4.69) is 5.32 Å². The van der Waals surface area contributed by atoms with Crippen molar-refractivity contribution in [2.45, 2.75) is 49.8 Å². The van der Waals surface area contributed by atoms with Crippen LogP contribution in [0.5, 0.6) is 5.75 Å². The van der Waals surface area contributed by atoms with Crippen molar-refractivity contribution in [3.05, 3.63) is 65.2 Å². The van der Waals surface area contributed by atoms with E-state index in [1.165, 1.54) is 18.2 Å². The lowest BCUT2D eigenvalue weighted by molar-refractivity contribution is -0.277. The zero-order valence-corrected chi connectivity index (χ0v) is 17.3. The number of alkyl halides is 3. The Morgan fingerprint density at radius 2 is 1.67 bits per heavy atom. The van der Waals surface area contributed by atoms with Crippen molar-refractivity contribution in [3.8, 4) is 5.75 Å². The highest BCUT2D eigenvalue weighted by Gasteiger charge is 2.44. The fraction of sp³-hybridized carbons (Fsp3) is 0.409. The standard InChI is InChI=1S/C22H24F3NO7/c23-22(24,25)14-7-5-12(6-8-14)10-26-17(28)9-13-3-1-2-4-15(13)32-21-20(31)19(30)18(29)16(11-27)33-21/h1-8,16,18-21,27,29-31H,9-11H2,(H,26,28). The van der Waals surface area contributed by atoms with E-state index in [1.54, 1.807) is 18.2 Å². The molecule has 5 atom stereocenters. The predicted molar refractivity (Wildman–Crippen MR) is 108 cm³/mol. The fourth-order valence-corrected chi connectivity index (χ4v) is 3.30. The van der Waals surface area contributed by atoms with Gasteiger partial charge >= 0.3 is 6.18 Å². The molecule has 0 bridgehead atoms. The maximum absolute atomic E-state index is 12.6. The second kappa shape index (κ2) is 10.5. The van der Waals surface area contributed by atoms with Crippen LogP contribution < -0.4 is 10.1 Å². The van der Waals surface area contributed by atoms with Gasteiger partial charge in [0.1, 0.15) is 30.2 Å². The summed E-state index contributed by atoms with van der Waals surface area (Å²) in [6.07, 6.45) is -11.9. The first-order chi connectivity index (χ1) is 15.6. The highest BCUT2D eigenvalue weighted by atomic mass is 19.4. The summed E-state index contributed by atoms with van der Waals surface area (Å²) in [7, 11) is 0. The molecular formula is C22H24F3NO7. The largest absolute Gasteiger partial charge is 0.462 e. The maximum atomic E-state index is 12.6. The Kier molecular flexibility index (Phi) is 7.92. The maximum Gasteiger partial charge on any atom is 0.416 e. The van der Waals surface area contributed by atoms with Gasteiger partial charge in [-0.25, -0.2) is 0 Å². The number of amides is 1. The van der Waals surface area contributed by atoms with Crippen molar-refractivity contribution >= 4 is 5.91 Å². The summed E-state index contributed by atoms with van der Waals surface area (Å²) in [6, 6.07) is 10.8. The number of aliphatic hydroxyl groups is 4. The lowest BCUT2D eigenvalue weighted by Gasteiger charge is -2.39. The number of halogens is 3. The van der Waals surface area contributed by atoms with Crippen LogP contribution in [0.4, 0.5) is 13.2 Å². The van der Waals surface area contributed by atoms with Gasteiger partial charge in [0, 0.05) is 12.1 Å². The molecule has 2 aromatic carbocycles. The van der Waals surface area contributed by atoms with Crippen LogP contribution in [0, 0.1) is 0 Å². The highest BCUT2D eigenvalue weighted by molar-refractivity contribution is 5.79. The van der Waals surface area contributed by atoms with Gasteiger partial charge in [0.25, 0.3) is 0 Å². The number of ether oxygens (including phenoxy) is 2. The van der Waals surface area contributed by atoms with E-state index in [1.807, 2.05) is 0 Å². The monoisotopic (exact) mass is 471 g/mol. The van der Waals surface area contributed by atoms with E-state index in [4.69, 9.17) is 9.47 Å². The molecule has 5 N–H and O–H groups in total. The summed E-state index contributed by atoms with van der Waals surface area (Å²) in [4.78, 5) is 12.4. The molecule has 2 aromatic rings. The number of nitrogens with one attached hydrogen (secondary N) is 1. The lowest BCUT2D eigenvalue weighted by Crippen LogP contribution is -2.60. The normalized spacial score (nSPS) is 25.5. The van der Waals surface area contributed by atoms with Gasteiger partial charge in [-0.15, -0.1) is 0 Å². The molecule has 0 spiro atoms. The molecule has 0 saturated carbocycles. The Balaban J connectivity index is 1.61. The molecule has 0 aliphatic carbocycles. The molecular weight excluding hydrogens is 447 g/mol. The molecule has 0 aromatic heterocycles. The quantitative estimate of drug-likeness (QED) is 0.403. The van der Waals surface area contributed by atoms with Crippen molar-refractivity contribution in [2.75, 3.05) is 6.61 Å². The molecule has 1 aliphatic rings. The van der Waals surface area contributed by atoms with Crippen LogP contribution in [0.3, 0.4) is 0 Å². The van der Waals surface area contributed by atoms with Crippen molar-refractivity contribution in [2.24, 2.45) is 0 Å². The van der Waals surface area contributed by atoms with Crippen LogP contribution in [-0.2, 0) is 28.7 Å². The minimum absolute atomic E-state index is 0.0205. The molecule has 0 radical (unpaired) electrons. The van der Waals surface area contributed by atoms with E-state index in [0.717, 1.165) is 12.1 Å². The summed E-state index contributed by atoms with van der Waals surface area (Å²) >= 11 is 0. The topological polar surface area (TPSA) is 128 Å². The molecule has 33 heavy (non-hydrogen) atoms. The van der Waals surface area contributed by atoms with Gasteiger partial charge in [-0.2, -0.15) is 13.2 Å². The molecule has 1 heterocycles. The zero-order valence-electron chi connectivity index (χ0n) is 17.3. The SMILES string of the molecule is O=C(Cc1ccccc1OC1OC(CO)C(O)C(O)C1O)NCc1ccc(C(F)(F)F)cc1. The Morgan fingerprint density at radius 3 is 2.30 bits per heavy atom. The minimum atomic E-state index is -4.44. The predicted octanol–water partition coefficient (Wildman–Crippen LogP) is 0.743. The molecule has 8 nitrogen and oxygen atoms in total. The molecule has 5 unspecified atom stereocenters. The van der Waals surface area contributed by atoms with Gasteiger partial charge in [0.15, 0.2) is 0 Å². The van der Waals surface area contributed by atoms with E-state index in [9.17, 15) is 38.4 Å². The molecule has 180 valence electrons. The minimum Gasteiger partial charge on any atom is -0.462 e. The van der Waals surface area contributed by atoms with Crippen LogP contribution in [0.1, 0.15) is 16.7 Å². The van der Waals surface area contributed by atoms with Crippen LogP contribution in [0.25, 0.3) is 0 Å². The zero-order chi connectivity index (χ0) is 24.2. The molecule has 1 saturated heterocycles. The van der Waals surface area contributed by atoms with Crippen LogP contribution in [0.15, 0.2) is 48.5 Å². The summed E-state index contributed by atoms with van der Waals surface area (Å²) in [5.74, 6) is -0.258. The Hall–Kier alpha value is -2.70. The number of para-hydroxylation sites is 1. The molecule has 11 heteroatoms. The average molecular weight is 471 g/mol. The number of hydrogen-bond donors (Lipinski definition) is 5. The summed E-state index contributed by atoms with van der Waals surface area (Å²) in [5, 5.41) is 41.8. The smallest absolute Gasteiger partial charge is 0.416 e. The summed E-state index contributed by atoms with van der Waals surface area (Å²) in [5.41, 5.74) is 0.124.